The molecule has 0 unspecified atom stereocenters. The second-order valence-electron chi connectivity index (χ2n) is 6.22. The summed E-state index contributed by atoms with van der Waals surface area (Å²) in [7, 11) is 1.54. The third kappa shape index (κ3) is 5.23. The lowest BCUT2D eigenvalue weighted by Gasteiger charge is -2.13. The number of nitrogens with zero attached hydrogens (tertiary/aromatic N) is 1. The van der Waals surface area contributed by atoms with E-state index in [1.54, 1.807) is 18.2 Å². The van der Waals surface area contributed by atoms with Gasteiger partial charge in [0.25, 0.3) is 11.1 Å². The molecule has 1 aliphatic heterocycles. The van der Waals surface area contributed by atoms with Crippen molar-refractivity contribution in [2.75, 3.05) is 20.2 Å². The largest absolute Gasteiger partial charge is 0.496 e. The number of halogens is 1. The minimum Gasteiger partial charge on any atom is -0.496 e. The fourth-order valence-corrected chi connectivity index (χ4v) is 3.66. The van der Waals surface area contributed by atoms with Crippen molar-refractivity contribution in [2.24, 2.45) is 0 Å². The van der Waals surface area contributed by atoms with Gasteiger partial charge in [0.05, 0.1) is 18.4 Å². The Hall–Kier alpha value is -3.13. The van der Waals surface area contributed by atoms with Gasteiger partial charge in [0.1, 0.15) is 11.6 Å². The summed E-state index contributed by atoms with van der Waals surface area (Å²) >= 11 is 0.823. The van der Waals surface area contributed by atoms with Gasteiger partial charge in [-0.2, -0.15) is 0 Å². The SMILES string of the molecule is COc1ccccc1CC(=O)NCCN1C(=O)SC(=Cc2ccc(F)cc2)C1=O. The summed E-state index contributed by atoms with van der Waals surface area (Å²) in [5, 5.41) is 2.31. The second-order valence-corrected chi connectivity index (χ2v) is 7.22. The Morgan fingerprint density at radius 1 is 1.17 bits per heavy atom. The molecule has 6 nitrogen and oxygen atoms in total. The predicted octanol–water partition coefficient (Wildman–Crippen LogP) is 3.23. The number of nitrogens with one attached hydrogen (secondary N) is 1. The van der Waals surface area contributed by atoms with Crippen LogP contribution in [0.4, 0.5) is 9.18 Å². The van der Waals surface area contributed by atoms with Crippen LogP contribution in [0.15, 0.2) is 53.4 Å². The van der Waals surface area contributed by atoms with Crippen molar-refractivity contribution in [1.29, 1.82) is 0 Å². The fraction of sp³-hybridized carbons (Fsp3) is 0.190. The minimum absolute atomic E-state index is 0.0725. The molecule has 0 spiro atoms. The van der Waals surface area contributed by atoms with E-state index < -0.39 is 11.1 Å². The molecule has 0 bridgehead atoms. The zero-order chi connectivity index (χ0) is 20.8. The number of methoxy groups -OCH3 is 1. The molecule has 8 heteroatoms. The van der Waals surface area contributed by atoms with Gasteiger partial charge in [-0.1, -0.05) is 30.3 Å². The third-order valence-corrected chi connectivity index (χ3v) is 5.15. The first-order chi connectivity index (χ1) is 14.0. The van der Waals surface area contributed by atoms with E-state index in [1.807, 2.05) is 12.1 Å². The molecular formula is C21H19FN2O4S. The molecule has 1 fully saturated rings. The first-order valence-corrected chi connectivity index (χ1v) is 9.69. The maximum absolute atomic E-state index is 13.0. The van der Waals surface area contributed by atoms with Gasteiger partial charge >= 0.3 is 0 Å². The summed E-state index contributed by atoms with van der Waals surface area (Å²) in [6, 6.07) is 12.8. The van der Waals surface area contributed by atoms with Crippen LogP contribution in [0.5, 0.6) is 5.75 Å². The van der Waals surface area contributed by atoms with Crippen molar-refractivity contribution >= 4 is 34.9 Å². The molecule has 0 saturated carbocycles. The Kier molecular flexibility index (Phi) is 6.66. The van der Waals surface area contributed by atoms with Gasteiger partial charge in [0.2, 0.25) is 5.91 Å². The smallest absolute Gasteiger partial charge is 0.293 e. The van der Waals surface area contributed by atoms with Crippen LogP contribution in [0.1, 0.15) is 11.1 Å². The molecule has 150 valence electrons. The Morgan fingerprint density at radius 2 is 1.90 bits per heavy atom. The number of thioether (sulfide) groups is 1. The highest BCUT2D eigenvalue weighted by Gasteiger charge is 2.34. The Bertz CT molecular complexity index is 959. The number of para-hydroxylation sites is 1. The van der Waals surface area contributed by atoms with Gasteiger partial charge in [-0.25, -0.2) is 4.39 Å². The van der Waals surface area contributed by atoms with E-state index in [-0.39, 0.29) is 36.1 Å². The lowest BCUT2D eigenvalue weighted by molar-refractivity contribution is -0.124. The molecule has 1 N–H and O–H groups in total. The molecule has 2 aromatic carbocycles. The number of imide groups is 1. The molecule has 0 aromatic heterocycles. The Labute approximate surface area is 171 Å². The summed E-state index contributed by atoms with van der Waals surface area (Å²) in [4.78, 5) is 38.1. The van der Waals surface area contributed by atoms with Crippen LogP contribution in [0.3, 0.4) is 0 Å². The van der Waals surface area contributed by atoms with Crippen LogP contribution in [0, 0.1) is 5.82 Å². The Morgan fingerprint density at radius 3 is 2.62 bits per heavy atom. The monoisotopic (exact) mass is 414 g/mol. The maximum Gasteiger partial charge on any atom is 0.293 e. The topological polar surface area (TPSA) is 75.7 Å². The Balaban J connectivity index is 1.54. The molecule has 2 aromatic rings. The number of amides is 3. The summed E-state index contributed by atoms with van der Waals surface area (Å²) < 4.78 is 18.2. The lowest BCUT2D eigenvalue weighted by Crippen LogP contribution is -2.37. The van der Waals surface area contributed by atoms with Crippen LogP contribution in [0.25, 0.3) is 6.08 Å². The number of benzene rings is 2. The maximum atomic E-state index is 13.0. The van der Waals surface area contributed by atoms with Crippen molar-refractivity contribution in [3.8, 4) is 5.75 Å². The molecule has 3 amide bonds. The van der Waals surface area contributed by atoms with Gasteiger partial charge in [-0.3, -0.25) is 19.3 Å². The molecule has 29 heavy (non-hydrogen) atoms. The van der Waals surface area contributed by atoms with E-state index in [0.29, 0.717) is 11.3 Å². The van der Waals surface area contributed by atoms with E-state index in [1.165, 1.54) is 31.4 Å². The number of carbonyl (C=O) groups excluding carboxylic acids is 3. The first kappa shape index (κ1) is 20.6. The summed E-state index contributed by atoms with van der Waals surface area (Å²) in [5.41, 5.74) is 1.38. The average Bonchev–Trinajstić information content (AvgIpc) is 2.97. The van der Waals surface area contributed by atoms with Crippen LogP contribution >= 0.6 is 11.8 Å². The highest BCUT2D eigenvalue weighted by Crippen LogP contribution is 2.31. The molecule has 0 aliphatic carbocycles. The van der Waals surface area contributed by atoms with Crippen molar-refractivity contribution < 1.29 is 23.5 Å². The highest BCUT2D eigenvalue weighted by atomic mass is 32.2. The van der Waals surface area contributed by atoms with E-state index in [4.69, 9.17) is 4.74 Å². The molecule has 0 atom stereocenters. The van der Waals surface area contributed by atoms with E-state index in [2.05, 4.69) is 5.32 Å². The van der Waals surface area contributed by atoms with Gasteiger partial charge in [0.15, 0.2) is 0 Å². The standard InChI is InChI=1S/C21H19FN2O4S/c1-28-17-5-3-2-4-15(17)13-19(25)23-10-11-24-20(26)18(29-21(24)27)12-14-6-8-16(22)9-7-14/h2-9,12H,10-11,13H2,1H3,(H,23,25). The van der Waals surface area contributed by atoms with Crippen LogP contribution < -0.4 is 10.1 Å². The zero-order valence-corrected chi connectivity index (χ0v) is 16.5. The summed E-state index contributed by atoms with van der Waals surface area (Å²) in [5.74, 6) is -0.412. The van der Waals surface area contributed by atoms with E-state index >= 15 is 0 Å². The van der Waals surface area contributed by atoms with E-state index in [0.717, 1.165) is 22.2 Å². The minimum atomic E-state index is -0.427. The second kappa shape index (κ2) is 9.38. The molecule has 1 heterocycles. The van der Waals surface area contributed by atoms with E-state index in [9.17, 15) is 18.8 Å². The number of rotatable bonds is 7. The normalized spacial score (nSPS) is 15.1. The molecule has 0 radical (unpaired) electrons. The quantitative estimate of drug-likeness (QED) is 0.704. The van der Waals surface area contributed by atoms with Gasteiger partial charge in [-0.05, 0) is 41.6 Å². The van der Waals surface area contributed by atoms with Crippen LogP contribution in [-0.2, 0) is 16.0 Å². The molecule has 1 aliphatic rings. The number of hydrogen-bond donors (Lipinski definition) is 1. The average molecular weight is 414 g/mol. The molecular weight excluding hydrogens is 395 g/mol. The van der Waals surface area contributed by atoms with Crippen molar-refractivity contribution in [2.45, 2.75) is 6.42 Å². The third-order valence-electron chi connectivity index (χ3n) is 4.24. The highest BCUT2D eigenvalue weighted by molar-refractivity contribution is 8.18. The van der Waals surface area contributed by atoms with Gasteiger partial charge in [-0.15, -0.1) is 0 Å². The molecule has 3 rings (SSSR count). The van der Waals surface area contributed by atoms with Crippen LogP contribution in [0.2, 0.25) is 0 Å². The summed E-state index contributed by atoms with van der Waals surface area (Å²) in [6.45, 7) is 0.221. The van der Waals surface area contributed by atoms with Gasteiger partial charge < -0.3 is 10.1 Å². The van der Waals surface area contributed by atoms with Crippen molar-refractivity contribution in [3.05, 3.63) is 70.4 Å². The molecule has 1 saturated heterocycles. The van der Waals surface area contributed by atoms with Crippen LogP contribution in [-0.4, -0.2) is 42.2 Å². The lowest BCUT2D eigenvalue weighted by atomic mass is 10.1. The van der Waals surface area contributed by atoms with Crippen molar-refractivity contribution in [3.63, 3.8) is 0 Å². The number of carbonyl (C=O) groups is 3. The zero-order valence-electron chi connectivity index (χ0n) is 15.7. The number of hydrogen-bond acceptors (Lipinski definition) is 5. The number of ether oxygens (including phenoxy) is 1. The van der Waals surface area contributed by atoms with Gasteiger partial charge in [0, 0.05) is 18.7 Å². The predicted molar refractivity (Wildman–Crippen MR) is 109 cm³/mol. The summed E-state index contributed by atoms with van der Waals surface area (Å²) in [6.07, 6.45) is 1.68. The fourth-order valence-electron chi connectivity index (χ4n) is 2.79. The first-order valence-electron chi connectivity index (χ1n) is 8.87. The van der Waals surface area contributed by atoms with Crippen molar-refractivity contribution in [1.82, 2.24) is 10.2 Å².